The molecule has 1 aliphatic rings. The fourth-order valence-corrected chi connectivity index (χ4v) is 4.86. The summed E-state index contributed by atoms with van der Waals surface area (Å²) in [5.41, 5.74) is 1.36. The van der Waals surface area contributed by atoms with Crippen molar-refractivity contribution < 1.29 is 33.0 Å². The highest BCUT2D eigenvalue weighted by molar-refractivity contribution is 14.1. The molecule has 172 valence electrons. The number of alkyl halides is 2. The first-order valence-corrected chi connectivity index (χ1v) is 11.3. The number of carbonyl (C=O) groups excluding carboxylic acids is 2. The number of carbonyl (C=O) groups is 2. The first-order valence-electron chi connectivity index (χ1n) is 10.2. The number of hydrogen-bond acceptors (Lipinski definition) is 5. The molecule has 1 aliphatic heterocycles. The number of rotatable bonds is 8. The average molecular weight is 567 g/mol. The first kappa shape index (κ1) is 23.4. The van der Waals surface area contributed by atoms with Crippen LogP contribution in [0.3, 0.4) is 0 Å². The average Bonchev–Trinajstić information content (AvgIpc) is 3.04. The summed E-state index contributed by atoms with van der Waals surface area (Å²) in [5.74, 6) is -0.290. The zero-order chi connectivity index (χ0) is 23.7. The van der Waals surface area contributed by atoms with Gasteiger partial charge in [0.15, 0.2) is 6.23 Å². The Hall–Kier alpha value is -2.79. The van der Waals surface area contributed by atoms with Crippen molar-refractivity contribution >= 4 is 51.2 Å². The van der Waals surface area contributed by atoms with Crippen LogP contribution in [0.15, 0.2) is 42.5 Å². The van der Waals surface area contributed by atoms with Crippen molar-refractivity contribution in [3.8, 4) is 11.5 Å². The van der Waals surface area contributed by atoms with Crippen molar-refractivity contribution in [2.24, 2.45) is 0 Å². The smallest absolute Gasteiger partial charge is 0.272 e. The number of aliphatic hydroxyl groups is 1. The Labute approximate surface area is 202 Å². The summed E-state index contributed by atoms with van der Waals surface area (Å²) >= 11 is 2.03. The molecule has 6 nitrogen and oxygen atoms in total. The lowest BCUT2D eigenvalue weighted by Crippen LogP contribution is -2.28. The van der Waals surface area contributed by atoms with E-state index in [1.807, 2.05) is 22.6 Å². The third-order valence-electron chi connectivity index (χ3n) is 5.33. The Bertz CT molecular complexity index is 1230. The van der Waals surface area contributed by atoms with E-state index in [0.717, 1.165) is 11.8 Å². The van der Waals surface area contributed by atoms with Gasteiger partial charge < -0.3 is 19.4 Å². The molecule has 0 radical (unpaired) electrons. The minimum Gasteiger partial charge on any atom is -0.493 e. The van der Waals surface area contributed by atoms with E-state index in [-0.39, 0.29) is 29.9 Å². The van der Waals surface area contributed by atoms with Gasteiger partial charge in [-0.2, -0.15) is 0 Å². The van der Waals surface area contributed by atoms with Crippen molar-refractivity contribution in [3.63, 3.8) is 0 Å². The van der Waals surface area contributed by atoms with Gasteiger partial charge in [0.05, 0.1) is 23.4 Å². The lowest BCUT2D eigenvalue weighted by molar-refractivity contribution is -0.107. The third-order valence-corrected chi connectivity index (χ3v) is 6.19. The molecule has 1 atom stereocenters. The minimum atomic E-state index is -2.74. The number of amides is 1. The molecule has 3 aromatic rings. The number of nitrogens with zero attached hydrogens (tertiary/aromatic N) is 1. The molecule has 0 aliphatic carbocycles. The fourth-order valence-electron chi connectivity index (χ4n) is 4.02. The van der Waals surface area contributed by atoms with E-state index >= 15 is 0 Å². The molecule has 0 saturated carbocycles. The van der Waals surface area contributed by atoms with Crippen LogP contribution in [0, 0.1) is 3.57 Å². The molecule has 33 heavy (non-hydrogen) atoms. The quantitative estimate of drug-likeness (QED) is 0.311. The number of anilines is 1. The summed E-state index contributed by atoms with van der Waals surface area (Å²) < 4.78 is 38.0. The van der Waals surface area contributed by atoms with E-state index in [0.29, 0.717) is 25.8 Å². The van der Waals surface area contributed by atoms with Gasteiger partial charge in [0.1, 0.15) is 24.4 Å². The molecule has 0 aromatic heterocycles. The van der Waals surface area contributed by atoms with Crippen molar-refractivity contribution in [1.82, 2.24) is 0 Å². The normalized spacial score (nSPS) is 15.3. The van der Waals surface area contributed by atoms with Crippen LogP contribution in [0.25, 0.3) is 10.8 Å². The number of benzene rings is 3. The van der Waals surface area contributed by atoms with E-state index < -0.39 is 25.2 Å². The zero-order valence-corrected chi connectivity index (χ0v) is 19.7. The number of halogens is 3. The van der Waals surface area contributed by atoms with Gasteiger partial charge in [0, 0.05) is 20.8 Å². The van der Waals surface area contributed by atoms with Crippen LogP contribution in [0.1, 0.15) is 34.6 Å². The SMILES string of the molecule is CCOc1c2c(c(OCC(F)F)c3ccccc13)C(=O)N(c1ccc(CC=O)cc1I)C2O. The first-order chi connectivity index (χ1) is 15.9. The predicted molar refractivity (Wildman–Crippen MR) is 127 cm³/mol. The maximum absolute atomic E-state index is 13.6. The zero-order valence-electron chi connectivity index (χ0n) is 17.6. The molecule has 4 rings (SSSR count). The molecule has 1 amide bonds. The number of aliphatic hydroxyl groups excluding tert-OH is 1. The van der Waals surface area contributed by atoms with Gasteiger partial charge in [-0.05, 0) is 47.2 Å². The van der Waals surface area contributed by atoms with Crippen LogP contribution < -0.4 is 14.4 Å². The van der Waals surface area contributed by atoms with Gasteiger partial charge in [0.2, 0.25) is 0 Å². The summed E-state index contributed by atoms with van der Waals surface area (Å²) in [5, 5.41) is 12.3. The highest BCUT2D eigenvalue weighted by atomic mass is 127. The Morgan fingerprint density at radius 3 is 2.45 bits per heavy atom. The predicted octanol–water partition coefficient (Wildman–Crippen LogP) is 4.88. The monoisotopic (exact) mass is 567 g/mol. The molecule has 0 bridgehead atoms. The maximum atomic E-state index is 13.6. The topological polar surface area (TPSA) is 76.1 Å². The lowest BCUT2D eigenvalue weighted by atomic mass is 9.98. The number of ether oxygens (including phenoxy) is 2. The highest BCUT2D eigenvalue weighted by Crippen LogP contribution is 2.50. The Kier molecular flexibility index (Phi) is 6.80. The van der Waals surface area contributed by atoms with Crippen molar-refractivity contribution in [3.05, 3.63) is 62.7 Å². The van der Waals surface area contributed by atoms with Crippen LogP contribution >= 0.6 is 22.6 Å². The molecule has 3 aromatic carbocycles. The molecule has 1 heterocycles. The molecule has 1 unspecified atom stereocenters. The van der Waals surface area contributed by atoms with Crippen molar-refractivity contribution in [2.75, 3.05) is 18.1 Å². The summed E-state index contributed by atoms with van der Waals surface area (Å²) in [4.78, 5) is 25.7. The van der Waals surface area contributed by atoms with Crippen LogP contribution in [-0.2, 0) is 11.2 Å². The Morgan fingerprint density at radius 2 is 1.85 bits per heavy atom. The van der Waals surface area contributed by atoms with Crippen molar-refractivity contribution in [2.45, 2.75) is 26.0 Å². The molecular weight excluding hydrogens is 547 g/mol. The summed E-state index contributed by atoms with van der Waals surface area (Å²) in [6.07, 6.45) is -3.16. The lowest BCUT2D eigenvalue weighted by Gasteiger charge is -2.23. The second kappa shape index (κ2) is 9.60. The molecule has 0 saturated heterocycles. The van der Waals surface area contributed by atoms with Crippen LogP contribution in [0.2, 0.25) is 0 Å². The minimum absolute atomic E-state index is 0.00179. The molecule has 1 N–H and O–H groups in total. The number of aldehydes is 1. The maximum Gasteiger partial charge on any atom is 0.272 e. The van der Waals surface area contributed by atoms with Crippen molar-refractivity contribution in [1.29, 1.82) is 0 Å². The summed E-state index contributed by atoms with van der Waals surface area (Å²) in [6.45, 7) is 1.15. The fraction of sp³-hybridized carbons (Fsp3) is 0.250. The van der Waals surface area contributed by atoms with Crippen LogP contribution in [0.5, 0.6) is 11.5 Å². The second-order valence-corrected chi connectivity index (χ2v) is 8.50. The molecule has 0 fully saturated rings. The Morgan fingerprint density at radius 1 is 1.15 bits per heavy atom. The van der Waals surface area contributed by atoms with E-state index in [4.69, 9.17) is 9.47 Å². The van der Waals surface area contributed by atoms with Crippen LogP contribution in [0.4, 0.5) is 14.5 Å². The van der Waals surface area contributed by atoms with Gasteiger partial charge in [0.25, 0.3) is 12.3 Å². The largest absolute Gasteiger partial charge is 0.493 e. The van der Waals surface area contributed by atoms with E-state index in [9.17, 15) is 23.5 Å². The summed E-state index contributed by atoms with van der Waals surface area (Å²) in [7, 11) is 0. The molecular formula is C24H20F2INO5. The van der Waals surface area contributed by atoms with E-state index in [2.05, 4.69) is 0 Å². The molecule has 9 heteroatoms. The van der Waals surface area contributed by atoms with Gasteiger partial charge >= 0.3 is 0 Å². The Balaban J connectivity index is 1.94. The highest BCUT2D eigenvalue weighted by Gasteiger charge is 2.44. The van der Waals surface area contributed by atoms with Gasteiger partial charge in [-0.3, -0.25) is 9.69 Å². The van der Waals surface area contributed by atoms with Crippen LogP contribution in [-0.4, -0.2) is 36.9 Å². The number of hydrogen-bond donors (Lipinski definition) is 1. The summed E-state index contributed by atoms with van der Waals surface area (Å²) in [6, 6.07) is 12.0. The molecule has 0 spiro atoms. The van der Waals surface area contributed by atoms with E-state index in [1.54, 1.807) is 49.4 Å². The second-order valence-electron chi connectivity index (χ2n) is 7.33. The number of fused-ring (bicyclic) bond motifs is 2. The van der Waals surface area contributed by atoms with Gasteiger partial charge in [-0.25, -0.2) is 8.78 Å². The third kappa shape index (κ3) is 4.15. The van der Waals surface area contributed by atoms with Gasteiger partial charge in [-0.1, -0.05) is 30.3 Å². The van der Waals surface area contributed by atoms with Gasteiger partial charge in [-0.15, -0.1) is 0 Å². The van der Waals surface area contributed by atoms with E-state index in [1.165, 1.54) is 4.90 Å². The standard InChI is InChI=1S/C24H20F2INO5/c1-2-32-21-14-5-3-4-6-15(14)22(33-12-18(25)26)20-19(21)23(30)28(24(20)31)17-8-7-13(9-10-29)11-16(17)27/h3-8,10-11,18,23,30H,2,9,12H2,1H3.